The largest absolute Gasteiger partial charge is 0.361 e. The fourth-order valence-electron chi connectivity index (χ4n) is 2.66. The van der Waals surface area contributed by atoms with E-state index in [2.05, 4.69) is 20.3 Å². The van der Waals surface area contributed by atoms with Gasteiger partial charge in [-0.25, -0.2) is 4.98 Å². The Balaban J connectivity index is 1.58. The molecular weight excluding hydrogens is 429 g/mol. The third kappa shape index (κ3) is 4.22. The van der Waals surface area contributed by atoms with Gasteiger partial charge in [0, 0.05) is 14.1 Å². The second-order valence-electron chi connectivity index (χ2n) is 6.43. The van der Waals surface area contributed by atoms with Crippen LogP contribution in [0.4, 0.5) is 11.5 Å². The first-order chi connectivity index (χ1) is 13.9. The molecule has 1 aliphatic rings. The first-order valence-electron chi connectivity index (χ1n) is 8.58. The fraction of sp³-hybridized carbons (Fsp3) is 0.100. The summed E-state index contributed by atoms with van der Waals surface area (Å²) in [5.74, 6) is 0.439. The molecule has 2 heterocycles. The SMILES string of the molecule is CN(C)c1cnc2ccc(C=C3SC(Nc4c(Cl)cccc4Cl)=NC3=O)cc2n1. The summed E-state index contributed by atoms with van der Waals surface area (Å²) in [5, 5.41) is 4.36. The molecule has 146 valence electrons. The topological polar surface area (TPSA) is 70.5 Å². The van der Waals surface area contributed by atoms with Gasteiger partial charge in [0.25, 0.3) is 5.91 Å². The van der Waals surface area contributed by atoms with Crippen molar-refractivity contribution >= 4 is 74.7 Å². The lowest BCUT2D eigenvalue weighted by molar-refractivity contribution is -0.113. The quantitative estimate of drug-likeness (QED) is 0.568. The molecule has 3 aromatic rings. The van der Waals surface area contributed by atoms with Gasteiger partial charge >= 0.3 is 0 Å². The Bertz CT molecular complexity index is 1170. The van der Waals surface area contributed by atoms with Crippen LogP contribution in [0.15, 0.2) is 52.5 Å². The van der Waals surface area contributed by atoms with Gasteiger partial charge in [-0.05, 0) is 47.7 Å². The standard InChI is InChI=1S/C20H15Cl2N5OS/c1-27(2)17-10-23-14-7-6-11(8-15(14)24-17)9-16-19(28)26-20(29-16)25-18-12(21)4-3-5-13(18)22/h3-10H,1-2H3,(H,25,26,28). The van der Waals surface area contributed by atoms with Crippen LogP contribution in [-0.4, -0.2) is 35.1 Å². The van der Waals surface area contributed by atoms with E-state index >= 15 is 0 Å². The minimum atomic E-state index is -0.325. The molecule has 1 aliphatic heterocycles. The van der Waals surface area contributed by atoms with Crippen molar-refractivity contribution in [1.29, 1.82) is 0 Å². The third-order valence-electron chi connectivity index (χ3n) is 4.12. The van der Waals surface area contributed by atoms with Crippen LogP contribution in [0.2, 0.25) is 10.0 Å². The van der Waals surface area contributed by atoms with Crippen molar-refractivity contribution in [2.75, 3.05) is 24.3 Å². The maximum Gasteiger partial charge on any atom is 0.286 e. The number of halogens is 2. The molecule has 0 unspecified atom stereocenters. The molecule has 1 aromatic heterocycles. The van der Waals surface area contributed by atoms with Crippen molar-refractivity contribution in [3.63, 3.8) is 0 Å². The second-order valence-corrected chi connectivity index (χ2v) is 8.27. The molecule has 29 heavy (non-hydrogen) atoms. The summed E-state index contributed by atoms with van der Waals surface area (Å²) in [6, 6.07) is 10.8. The molecule has 0 aliphatic carbocycles. The van der Waals surface area contributed by atoms with Gasteiger partial charge in [0.05, 0.1) is 37.9 Å². The van der Waals surface area contributed by atoms with E-state index in [4.69, 9.17) is 23.2 Å². The predicted molar refractivity (Wildman–Crippen MR) is 122 cm³/mol. The molecule has 0 saturated heterocycles. The van der Waals surface area contributed by atoms with Gasteiger partial charge in [0.1, 0.15) is 5.82 Å². The summed E-state index contributed by atoms with van der Waals surface area (Å²) < 4.78 is 0. The molecule has 6 nitrogen and oxygen atoms in total. The van der Waals surface area contributed by atoms with Crippen molar-refractivity contribution in [1.82, 2.24) is 9.97 Å². The Morgan fingerprint density at radius 1 is 1.10 bits per heavy atom. The highest BCUT2D eigenvalue weighted by Gasteiger charge is 2.23. The maximum atomic E-state index is 12.3. The minimum absolute atomic E-state index is 0.325. The lowest BCUT2D eigenvalue weighted by atomic mass is 10.2. The van der Waals surface area contributed by atoms with Crippen LogP contribution in [0.3, 0.4) is 0 Å². The Morgan fingerprint density at radius 2 is 1.86 bits per heavy atom. The van der Waals surface area contributed by atoms with Crippen LogP contribution in [0.5, 0.6) is 0 Å². The van der Waals surface area contributed by atoms with E-state index in [1.54, 1.807) is 30.5 Å². The lowest BCUT2D eigenvalue weighted by Crippen LogP contribution is -2.10. The first-order valence-corrected chi connectivity index (χ1v) is 10.2. The van der Waals surface area contributed by atoms with Crippen LogP contribution in [0, 0.1) is 0 Å². The van der Waals surface area contributed by atoms with Gasteiger partial charge in [-0.1, -0.05) is 35.3 Å². The molecule has 1 amide bonds. The number of rotatable bonds is 3. The molecule has 4 rings (SSSR count). The Labute approximate surface area is 181 Å². The molecule has 9 heteroatoms. The highest BCUT2D eigenvalue weighted by Crippen LogP contribution is 2.34. The van der Waals surface area contributed by atoms with E-state index in [0.29, 0.717) is 25.8 Å². The maximum absolute atomic E-state index is 12.3. The molecule has 0 saturated carbocycles. The molecule has 0 atom stereocenters. The summed E-state index contributed by atoms with van der Waals surface area (Å²) in [5.41, 5.74) is 2.90. The molecule has 2 aromatic carbocycles. The zero-order valence-corrected chi connectivity index (χ0v) is 17.8. The molecule has 0 spiro atoms. The highest BCUT2D eigenvalue weighted by molar-refractivity contribution is 8.18. The summed E-state index contributed by atoms with van der Waals surface area (Å²) in [4.78, 5) is 27.8. The Kier molecular flexibility index (Phi) is 5.45. The number of nitrogens with zero attached hydrogens (tertiary/aromatic N) is 4. The van der Waals surface area contributed by atoms with Crippen LogP contribution < -0.4 is 10.2 Å². The van der Waals surface area contributed by atoms with Gasteiger partial charge in [0.15, 0.2) is 5.17 Å². The number of nitrogens with one attached hydrogen (secondary N) is 1. The van der Waals surface area contributed by atoms with E-state index in [1.807, 2.05) is 37.2 Å². The molecule has 0 fully saturated rings. The summed E-state index contributed by atoms with van der Waals surface area (Å²) >= 11 is 13.6. The zero-order chi connectivity index (χ0) is 20.5. The van der Waals surface area contributed by atoms with Crippen LogP contribution >= 0.6 is 35.0 Å². The normalized spacial score (nSPS) is 15.1. The van der Waals surface area contributed by atoms with E-state index in [9.17, 15) is 4.79 Å². The average molecular weight is 444 g/mol. The van der Waals surface area contributed by atoms with E-state index in [1.165, 1.54) is 11.8 Å². The number of hydrogen-bond donors (Lipinski definition) is 1. The Morgan fingerprint density at radius 3 is 2.59 bits per heavy atom. The number of fused-ring (bicyclic) bond motifs is 1. The monoisotopic (exact) mass is 443 g/mol. The molecular formula is C20H15Cl2N5OS. The molecule has 1 N–H and O–H groups in total. The second kappa shape index (κ2) is 8.02. The molecule has 0 radical (unpaired) electrons. The van der Waals surface area contributed by atoms with E-state index in [0.717, 1.165) is 22.4 Å². The number of carbonyl (C=O) groups is 1. The number of anilines is 2. The minimum Gasteiger partial charge on any atom is -0.361 e. The van der Waals surface area contributed by atoms with Gasteiger partial charge < -0.3 is 10.2 Å². The number of aliphatic imine (C=N–C) groups is 1. The van der Waals surface area contributed by atoms with Crippen molar-refractivity contribution in [3.8, 4) is 0 Å². The van der Waals surface area contributed by atoms with E-state index in [-0.39, 0.29) is 5.91 Å². The number of aromatic nitrogens is 2. The van der Waals surface area contributed by atoms with Crippen molar-refractivity contribution < 1.29 is 4.79 Å². The Hall–Kier alpha value is -2.61. The number of amidine groups is 1. The number of hydrogen-bond acceptors (Lipinski definition) is 6. The summed E-state index contributed by atoms with van der Waals surface area (Å²) in [6.07, 6.45) is 3.51. The number of thioether (sulfide) groups is 1. The van der Waals surface area contributed by atoms with Gasteiger partial charge in [-0.15, -0.1) is 0 Å². The van der Waals surface area contributed by atoms with Crippen LogP contribution in [-0.2, 0) is 4.79 Å². The highest BCUT2D eigenvalue weighted by atomic mass is 35.5. The summed E-state index contributed by atoms with van der Waals surface area (Å²) in [6.45, 7) is 0. The lowest BCUT2D eigenvalue weighted by Gasteiger charge is -2.11. The van der Waals surface area contributed by atoms with Gasteiger partial charge in [-0.2, -0.15) is 4.99 Å². The van der Waals surface area contributed by atoms with Crippen LogP contribution in [0.1, 0.15) is 5.56 Å². The number of para-hydroxylation sites is 1. The summed E-state index contributed by atoms with van der Waals surface area (Å²) in [7, 11) is 3.82. The van der Waals surface area contributed by atoms with Crippen molar-refractivity contribution in [2.45, 2.75) is 0 Å². The predicted octanol–water partition coefficient (Wildman–Crippen LogP) is 5.09. The average Bonchev–Trinajstić information content (AvgIpc) is 3.03. The third-order valence-corrected chi connectivity index (χ3v) is 5.65. The number of benzene rings is 2. The zero-order valence-electron chi connectivity index (χ0n) is 15.5. The van der Waals surface area contributed by atoms with Crippen molar-refractivity contribution in [2.24, 2.45) is 4.99 Å². The molecule has 0 bridgehead atoms. The first kappa shape index (κ1) is 19.7. The number of amides is 1. The van der Waals surface area contributed by atoms with Crippen LogP contribution in [0.25, 0.3) is 17.1 Å². The van der Waals surface area contributed by atoms with Crippen molar-refractivity contribution in [3.05, 3.63) is 63.1 Å². The van der Waals surface area contributed by atoms with Gasteiger partial charge in [0.2, 0.25) is 0 Å². The van der Waals surface area contributed by atoms with Gasteiger partial charge in [-0.3, -0.25) is 9.78 Å². The fourth-order valence-corrected chi connectivity index (χ4v) is 3.97. The smallest absolute Gasteiger partial charge is 0.286 e. The van der Waals surface area contributed by atoms with E-state index < -0.39 is 0 Å². The number of carbonyl (C=O) groups excluding carboxylic acids is 1.